The molecule has 0 aromatic heterocycles. The van der Waals surface area contributed by atoms with Crippen LogP contribution < -0.4 is 10.1 Å². The van der Waals surface area contributed by atoms with E-state index in [-0.39, 0.29) is 18.3 Å². The number of ether oxygens (including phenoxy) is 1. The minimum Gasteiger partial charge on any atom is -0.491 e. The smallest absolute Gasteiger partial charge is 0.196 e. The van der Waals surface area contributed by atoms with Crippen LogP contribution in [0.25, 0.3) is 0 Å². The van der Waals surface area contributed by atoms with Crippen molar-refractivity contribution < 1.29 is 17.9 Å². The van der Waals surface area contributed by atoms with Gasteiger partial charge in [0.2, 0.25) is 0 Å². The van der Waals surface area contributed by atoms with Gasteiger partial charge in [-0.2, -0.15) is 0 Å². The molecule has 21 heavy (non-hydrogen) atoms. The van der Waals surface area contributed by atoms with Crippen LogP contribution in [-0.4, -0.2) is 6.10 Å². The lowest BCUT2D eigenvalue weighted by Crippen LogP contribution is -2.07. The minimum atomic E-state index is -1.48. The molecular formula is C16H16F3NO. The first-order valence-corrected chi connectivity index (χ1v) is 6.60. The standard InChI is InChI=1S/C16H16F3NO/c1-10(2)21-12-5-3-4-11(8-12)9-20-14-7-6-13(17)15(18)16(14)19/h3-8,10,20H,9H2,1-2H3. The van der Waals surface area contributed by atoms with Gasteiger partial charge in [-0.25, -0.2) is 13.2 Å². The summed E-state index contributed by atoms with van der Waals surface area (Å²) in [6.07, 6.45) is 0.0526. The summed E-state index contributed by atoms with van der Waals surface area (Å²) in [5.74, 6) is -3.19. The molecule has 0 saturated heterocycles. The molecule has 2 aromatic rings. The van der Waals surface area contributed by atoms with Gasteiger partial charge >= 0.3 is 0 Å². The summed E-state index contributed by atoms with van der Waals surface area (Å²) in [5, 5.41) is 2.74. The van der Waals surface area contributed by atoms with Crippen LogP contribution in [0.15, 0.2) is 36.4 Å². The van der Waals surface area contributed by atoms with Gasteiger partial charge in [-0.1, -0.05) is 12.1 Å². The highest BCUT2D eigenvalue weighted by Gasteiger charge is 2.12. The zero-order chi connectivity index (χ0) is 15.4. The first-order valence-electron chi connectivity index (χ1n) is 6.60. The van der Waals surface area contributed by atoms with Crippen molar-refractivity contribution in [3.8, 4) is 5.75 Å². The van der Waals surface area contributed by atoms with Crippen LogP contribution in [0, 0.1) is 17.5 Å². The van der Waals surface area contributed by atoms with Crippen LogP contribution in [0.1, 0.15) is 19.4 Å². The van der Waals surface area contributed by atoms with Crippen LogP contribution >= 0.6 is 0 Å². The van der Waals surface area contributed by atoms with E-state index in [0.29, 0.717) is 5.75 Å². The summed E-state index contributed by atoms with van der Waals surface area (Å²) in [7, 11) is 0. The van der Waals surface area contributed by atoms with Gasteiger partial charge < -0.3 is 10.1 Å². The van der Waals surface area contributed by atoms with Gasteiger partial charge in [0, 0.05) is 6.54 Å². The number of hydrogen-bond donors (Lipinski definition) is 1. The van der Waals surface area contributed by atoms with E-state index in [4.69, 9.17) is 4.74 Å². The Bertz CT molecular complexity index is 629. The Balaban J connectivity index is 2.08. The molecule has 0 aliphatic rings. The van der Waals surface area contributed by atoms with E-state index in [0.717, 1.165) is 11.6 Å². The molecule has 2 aromatic carbocycles. The fourth-order valence-electron chi connectivity index (χ4n) is 1.86. The maximum absolute atomic E-state index is 13.5. The molecule has 0 saturated carbocycles. The molecule has 0 aliphatic heterocycles. The van der Waals surface area contributed by atoms with Gasteiger partial charge in [0.25, 0.3) is 0 Å². The molecule has 2 nitrogen and oxygen atoms in total. The fourth-order valence-corrected chi connectivity index (χ4v) is 1.86. The van der Waals surface area contributed by atoms with Crippen molar-refractivity contribution >= 4 is 5.69 Å². The SMILES string of the molecule is CC(C)Oc1cccc(CNc2ccc(F)c(F)c2F)c1. The van der Waals surface area contributed by atoms with Gasteiger partial charge in [-0.3, -0.25) is 0 Å². The summed E-state index contributed by atoms with van der Waals surface area (Å²) in [6, 6.07) is 9.34. The Morgan fingerprint density at radius 2 is 1.81 bits per heavy atom. The van der Waals surface area contributed by atoms with Gasteiger partial charge in [-0.15, -0.1) is 0 Å². The summed E-state index contributed by atoms with van der Waals surface area (Å²) in [4.78, 5) is 0. The van der Waals surface area contributed by atoms with E-state index >= 15 is 0 Å². The number of benzene rings is 2. The van der Waals surface area contributed by atoms with Crippen LogP contribution in [-0.2, 0) is 6.54 Å². The van der Waals surface area contributed by atoms with Crippen LogP contribution in [0.5, 0.6) is 5.75 Å². The maximum Gasteiger partial charge on any atom is 0.196 e. The molecule has 0 spiro atoms. The zero-order valence-electron chi connectivity index (χ0n) is 11.8. The lowest BCUT2D eigenvalue weighted by Gasteiger charge is -2.12. The molecule has 0 unspecified atom stereocenters. The second-order valence-corrected chi connectivity index (χ2v) is 4.89. The van der Waals surface area contributed by atoms with Crippen molar-refractivity contribution in [2.24, 2.45) is 0 Å². The van der Waals surface area contributed by atoms with E-state index in [2.05, 4.69) is 5.32 Å². The number of rotatable bonds is 5. The Hall–Kier alpha value is -2.17. The number of halogens is 3. The highest BCUT2D eigenvalue weighted by molar-refractivity contribution is 5.46. The fraction of sp³-hybridized carbons (Fsp3) is 0.250. The third-order valence-corrected chi connectivity index (χ3v) is 2.79. The minimum absolute atomic E-state index is 0.0526. The number of nitrogens with one attached hydrogen (secondary N) is 1. The van der Waals surface area contributed by atoms with Crippen molar-refractivity contribution in [3.05, 3.63) is 59.4 Å². The van der Waals surface area contributed by atoms with Crippen molar-refractivity contribution in [1.82, 2.24) is 0 Å². The third kappa shape index (κ3) is 3.90. The monoisotopic (exact) mass is 295 g/mol. The molecular weight excluding hydrogens is 279 g/mol. The van der Waals surface area contributed by atoms with Crippen LogP contribution in [0.4, 0.5) is 18.9 Å². The predicted octanol–water partition coefficient (Wildman–Crippen LogP) is 4.50. The third-order valence-electron chi connectivity index (χ3n) is 2.79. The lowest BCUT2D eigenvalue weighted by atomic mass is 10.2. The average molecular weight is 295 g/mol. The highest BCUT2D eigenvalue weighted by atomic mass is 19.2. The van der Waals surface area contributed by atoms with E-state index in [9.17, 15) is 13.2 Å². The van der Waals surface area contributed by atoms with E-state index in [1.165, 1.54) is 6.07 Å². The van der Waals surface area contributed by atoms with Crippen molar-refractivity contribution in [1.29, 1.82) is 0 Å². The Morgan fingerprint density at radius 3 is 2.52 bits per heavy atom. The second kappa shape index (κ2) is 6.52. The molecule has 0 fully saturated rings. The lowest BCUT2D eigenvalue weighted by molar-refractivity contribution is 0.242. The summed E-state index contributed by atoms with van der Waals surface area (Å²) < 4.78 is 45.0. The molecule has 0 amide bonds. The van der Waals surface area contributed by atoms with Crippen LogP contribution in [0.3, 0.4) is 0 Å². The Labute approximate surface area is 121 Å². The van der Waals surface area contributed by atoms with E-state index < -0.39 is 17.5 Å². The molecule has 0 atom stereocenters. The Kier molecular flexibility index (Phi) is 4.73. The zero-order valence-corrected chi connectivity index (χ0v) is 11.8. The summed E-state index contributed by atoms with van der Waals surface area (Å²) >= 11 is 0. The van der Waals surface area contributed by atoms with Gasteiger partial charge in [0.1, 0.15) is 5.75 Å². The number of anilines is 1. The maximum atomic E-state index is 13.5. The first-order chi connectivity index (χ1) is 9.97. The molecule has 0 heterocycles. The molecule has 2 rings (SSSR count). The predicted molar refractivity (Wildman–Crippen MR) is 75.8 cm³/mol. The molecule has 5 heteroatoms. The topological polar surface area (TPSA) is 21.3 Å². The molecule has 0 radical (unpaired) electrons. The molecule has 1 N–H and O–H groups in total. The summed E-state index contributed by atoms with van der Waals surface area (Å²) in [5.41, 5.74) is 0.765. The summed E-state index contributed by atoms with van der Waals surface area (Å²) in [6.45, 7) is 4.11. The van der Waals surface area contributed by atoms with Gasteiger partial charge in [0.05, 0.1) is 11.8 Å². The second-order valence-electron chi connectivity index (χ2n) is 4.89. The van der Waals surface area contributed by atoms with Crippen molar-refractivity contribution in [2.75, 3.05) is 5.32 Å². The average Bonchev–Trinajstić information content (AvgIpc) is 2.44. The van der Waals surface area contributed by atoms with E-state index in [1.54, 1.807) is 0 Å². The highest BCUT2D eigenvalue weighted by Crippen LogP contribution is 2.21. The molecule has 0 bridgehead atoms. The Morgan fingerprint density at radius 1 is 1.05 bits per heavy atom. The largest absolute Gasteiger partial charge is 0.491 e. The van der Waals surface area contributed by atoms with Crippen molar-refractivity contribution in [2.45, 2.75) is 26.5 Å². The molecule has 112 valence electrons. The van der Waals surface area contributed by atoms with Crippen molar-refractivity contribution in [3.63, 3.8) is 0 Å². The number of hydrogen-bond acceptors (Lipinski definition) is 2. The van der Waals surface area contributed by atoms with Gasteiger partial charge in [0.15, 0.2) is 17.5 Å². The van der Waals surface area contributed by atoms with E-state index in [1.807, 2.05) is 38.1 Å². The molecule has 0 aliphatic carbocycles. The quantitative estimate of drug-likeness (QED) is 0.820. The van der Waals surface area contributed by atoms with Gasteiger partial charge in [-0.05, 0) is 43.7 Å². The first kappa shape index (κ1) is 15.2. The van der Waals surface area contributed by atoms with Crippen LogP contribution in [0.2, 0.25) is 0 Å². The normalized spacial score (nSPS) is 10.8.